The number of aromatic nitrogens is 3. The Bertz CT molecular complexity index is 1290. The first-order valence-corrected chi connectivity index (χ1v) is 10.1. The SMILES string of the molecule is Cc1cn(-c2ccc3n(c2=O)C[C@H](C)N(Cc2cc(C(F)(F)F)cc(C(F)(F)F)c2)C3=O)cn1. The van der Waals surface area contributed by atoms with Crippen molar-refractivity contribution in [1.82, 2.24) is 19.0 Å². The van der Waals surface area contributed by atoms with Crippen LogP contribution in [0.1, 0.15) is 39.8 Å². The lowest BCUT2D eigenvalue weighted by molar-refractivity contribution is -0.143. The van der Waals surface area contributed by atoms with E-state index >= 15 is 0 Å². The molecule has 0 saturated carbocycles. The number of nitrogens with zero attached hydrogens (tertiary/aromatic N) is 4. The van der Waals surface area contributed by atoms with Gasteiger partial charge in [0.2, 0.25) is 0 Å². The van der Waals surface area contributed by atoms with Crippen LogP contribution >= 0.6 is 0 Å². The van der Waals surface area contributed by atoms with Crippen molar-refractivity contribution in [2.75, 3.05) is 0 Å². The fraction of sp³-hybridized carbons (Fsp3) is 0.318. The lowest BCUT2D eigenvalue weighted by atomic mass is 10.0. The van der Waals surface area contributed by atoms with Crippen LogP contribution in [0.3, 0.4) is 0 Å². The highest BCUT2D eigenvalue weighted by atomic mass is 19.4. The third kappa shape index (κ3) is 4.31. The summed E-state index contributed by atoms with van der Waals surface area (Å²) in [5.41, 5.74) is -2.76. The molecule has 2 aromatic heterocycles. The number of carbonyl (C=O) groups excluding carboxylic acids is 1. The molecule has 3 heterocycles. The molecule has 0 radical (unpaired) electrons. The number of hydrogen-bond donors (Lipinski definition) is 0. The Labute approximate surface area is 189 Å². The van der Waals surface area contributed by atoms with Crippen LogP contribution in [0.25, 0.3) is 5.69 Å². The van der Waals surface area contributed by atoms with Gasteiger partial charge in [-0.25, -0.2) is 4.98 Å². The van der Waals surface area contributed by atoms with Crippen LogP contribution in [0.5, 0.6) is 0 Å². The molecule has 3 aromatic rings. The molecular weight excluding hydrogens is 466 g/mol. The van der Waals surface area contributed by atoms with Gasteiger partial charge in [-0.1, -0.05) is 0 Å². The molecule has 180 valence electrons. The molecule has 0 bridgehead atoms. The van der Waals surface area contributed by atoms with Crippen molar-refractivity contribution >= 4 is 5.91 Å². The van der Waals surface area contributed by atoms with E-state index in [2.05, 4.69) is 4.98 Å². The smallest absolute Gasteiger partial charge is 0.329 e. The number of amides is 1. The standard InChI is InChI=1S/C22H18F6N4O2/c1-12-8-30(11-29-12)17-3-4-18-20(34)31(13(2)9-32(18)19(17)33)10-14-5-15(21(23,24)25)7-16(6-14)22(26,27)28/h3-8,11,13H,9-10H2,1-2H3/t13-/m0/s1. The number of fused-ring (bicyclic) bond motifs is 1. The molecule has 0 saturated heterocycles. The van der Waals surface area contributed by atoms with Crippen LogP contribution in [0.4, 0.5) is 26.3 Å². The van der Waals surface area contributed by atoms with Crippen LogP contribution in [-0.2, 0) is 25.4 Å². The summed E-state index contributed by atoms with van der Waals surface area (Å²) in [6, 6.07) is 3.40. The Balaban J connectivity index is 1.71. The number of carbonyl (C=O) groups is 1. The Morgan fingerprint density at radius 2 is 1.62 bits per heavy atom. The van der Waals surface area contributed by atoms with Gasteiger partial charge in [0.15, 0.2) is 0 Å². The van der Waals surface area contributed by atoms with Crippen molar-refractivity contribution in [2.24, 2.45) is 0 Å². The van der Waals surface area contributed by atoms with E-state index in [-0.39, 0.29) is 29.6 Å². The van der Waals surface area contributed by atoms with Crippen molar-refractivity contribution in [3.05, 3.63) is 81.3 Å². The van der Waals surface area contributed by atoms with Crippen LogP contribution in [0.2, 0.25) is 0 Å². The summed E-state index contributed by atoms with van der Waals surface area (Å²) in [6.07, 6.45) is -6.90. The van der Waals surface area contributed by atoms with E-state index < -0.39 is 47.5 Å². The minimum absolute atomic E-state index is 0.00768. The van der Waals surface area contributed by atoms with Gasteiger partial charge in [-0.2, -0.15) is 26.3 Å². The van der Waals surface area contributed by atoms with Gasteiger partial charge in [-0.15, -0.1) is 0 Å². The van der Waals surface area contributed by atoms with E-state index in [0.29, 0.717) is 17.8 Å². The second-order valence-electron chi connectivity index (χ2n) is 8.14. The summed E-state index contributed by atoms with van der Waals surface area (Å²) < 4.78 is 81.9. The Morgan fingerprint density at radius 1 is 1.00 bits per heavy atom. The van der Waals surface area contributed by atoms with Crippen LogP contribution in [0.15, 0.2) is 47.7 Å². The van der Waals surface area contributed by atoms with E-state index in [1.807, 2.05) is 0 Å². The van der Waals surface area contributed by atoms with Crippen LogP contribution in [-0.4, -0.2) is 31.0 Å². The van der Waals surface area contributed by atoms with Gasteiger partial charge < -0.3 is 14.0 Å². The molecule has 12 heteroatoms. The van der Waals surface area contributed by atoms with Gasteiger partial charge in [-0.05, 0) is 49.7 Å². The summed E-state index contributed by atoms with van der Waals surface area (Å²) >= 11 is 0. The highest BCUT2D eigenvalue weighted by molar-refractivity contribution is 5.93. The highest BCUT2D eigenvalue weighted by Gasteiger charge is 2.38. The number of hydrogen-bond acceptors (Lipinski definition) is 3. The average Bonchev–Trinajstić information content (AvgIpc) is 3.16. The van der Waals surface area contributed by atoms with Crippen molar-refractivity contribution in [3.63, 3.8) is 0 Å². The molecule has 0 spiro atoms. The molecule has 34 heavy (non-hydrogen) atoms. The number of benzene rings is 1. The first-order valence-electron chi connectivity index (χ1n) is 10.1. The summed E-state index contributed by atoms with van der Waals surface area (Å²) in [6.45, 7) is 2.85. The van der Waals surface area contributed by atoms with E-state index in [9.17, 15) is 35.9 Å². The average molecular weight is 484 g/mol. The highest BCUT2D eigenvalue weighted by Crippen LogP contribution is 2.37. The van der Waals surface area contributed by atoms with Gasteiger partial charge >= 0.3 is 12.4 Å². The molecule has 1 aliphatic heterocycles. The summed E-state index contributed by atoms with van der Waals surface area (Å²) in [4.78, 5) is 31.3. The number of alkyl halides is 6. The van der Waals surface area contributed by atoms with E-state index in [1.54, 1.807) is 20.0 Å². The second-order valence-corrected chi connectivity index (χ2v) is 8.14. The Hall–Kier alpha value is -3.57. The zero-order valence-corrected chi connectivity index (χ0v) is 17.9. The third-order valence-electron chi connectivity index (χ3n) is 5.60. The molecule has 1 atom stereocenters. The minimum Gasteiger partial charge on any atom is -0.329 e. The van der Waals surface area contributed by atoms with Crippen LogP contribution in [0, 0.1) is 6.92 Å². The number of halogens is 6. The number of imidazole rings is 1. The van der Waals surface area contributed by atoms with Gasteiger partial charge in [0.25, 0.3) is 11.5 Å². The predicted molar refractivity (Wildman–Crippen MR) is 108 cm³/mol. The molecule has 4 rings (SSSR count). The monoisotopic (exact) mass is 484 g/mol. The Morgan fingerprint density at radius 3 is 2.15 bits per heavy atom. The normalized spacial score (nSPS) is 16.6. The topological polar surface area (TPSA) is 60.1 Å². The first-order chi connectivity index (χ1) is 15.8. The summed E-state index contributed by atoms with van der Waals surface area (Å²) in [5.74, 6) is -0.671. The summed E-state index contributed by atoms with van der Waals surface area (Å²) in [5, 5.41) is 0. The zero-order valence-electron chi connectivity index (χ0n) is 17.9. The Kier molecular flexibility index (Phi) is 5.57. The zero-order chi connectivity index (χ0) is 25.0. The molecule has 0 fully saturated rings. The molecule has 6 nitrogen and oxygen atoms in total. The van der Waals surface area contributed by atoms with Crippen molar-refractivity contribution in [3.8, 4) is 5.69 Å². The first kappa shape index (κ1) is 23.6. The quantitative estimate of drug-likeness (QED) is 0.517. The molecule has 1 amide bonds. The van der Waals surface area contributed by atoms with Gasteiger partial charge in [0.1, 0.15) is 11.4 Å². The molecule has 1 aliphatic rings. The maximum atomic E-state index is 13.2. The lowest BCUT2D eigenvalue weighted by Gasteiger charge is -2.35. The van der Waals surface area contributed by atoms with E-state index in [1.165, 1.54) is 27.6 Å². The van der Waals surface area contributed by atoms with Crippen molar-refractivity contribution in [2.45, 2.75) is 45.3 Å². The molecular formula is C22H18F6N4O2. The maximum absolute atomic E-state index is 13.2. The number of aryl methyl sites for hydroxylation is 1. The summed E-state index contributed by atoms with van der Waals surface area (Å²) in [7, 11) is 0. The lowest BCUT2D eigenvalue weighted by Crippen LogP contribution is -2.49. The molecule has 1 aromatic carbocycles. The fourth-order valence-corrected chi connectivity index (χ4v) is 3.93. The molecule has 0 aliphatic carbocycles. The number of rotatable bonds is 3. The maximum Gasteiger partial charge on any atom is 0.416 e. The van der Waals surface area contributed by atoms with Crippen molar-refractivity contribution in [1.29, 1.82) is 0 Å². The second kappa shape index (κ2) is 8.03. The predicted octanol–water partition coefficient (Wildman–Crippen LogP) is 4.42. The van der Waals surface area contributed by atoms with E-state index in [4.69, 9.17) is 0 Å². The molecule has 0 N–H and O–H groups in total. The van der Waals surface area contributed by atoms with Gasteiger partial charge in [-0.3, -0.25) is 9.59 Å². The largest absolute Gasteiger partial charge is 0.416 e. The van der Waals surface area contributed by atoms with Gasteiger partial charge in [0, 0.05) is 25.3 Å². The third-order valence-corrected chi connectivity index (χ3v) is 5.60. The van der Waals surface area contributed by atoms with Gasteiger partial charge in [0.05, 0.1) is 23.1 Å². The van der Waals surface area contributed by atoms with Crippen molar-refractivity contribution < 1.29 is 31.1 Å². The number of pyridine rings is 1. The minimum atomic E-state index is -4.99. The van der Waals surface area contributed by atoms with E-state index in [0.717, 1.165) is 4.90 Å². The molecule has 0 unspecified atom stereocenters. The van der Waals surface area contributed by atoms with Crippen LogP contribution < -0.4 is 5.56 Å². The fourth-order valence-electron chi connectivity index (χ4n) is 3.93.